The molecular formula is C7H3ClIN3S. The maximum Gasteiger partial charge on any atom is 0.192 e. The average Bonchev–Trinajstić information content (AvgIpc) is 2.53. The molecule has 0 saturated heterocycles. The fourth-order valence-corrected chi connectivity index (χ4v) is 1.88. The zero-order valence-electron chi connectivity index (χ0n) is 6.24. The minimum Gasteiger partial charge on any atom is -0.251 e. The van der Waals surface area contributed by atoms with Crippen LogP contribution in [0.25, 0.3) is 11.5 Å². The summed E-state index contributed by atoms with van der Waals surface area (Å²) < 4.78 is 5.04. The molecule has 0 bridgehead atoms. The molecule has 0 aliphatic rings. The molecule has 0 saturated carbocycles. The van der Waals surface area contributed by atoms with E-state index in [4.69, 9.17) is 11.6 Å². The summed E-state index contributed by atoms with van der Waals surface area (Å²) in [6.07, 6.45) is 1.59. The van der Waals surface area contributed by atoms with Crippen LogP contribution < -0.4 is 0 Å². The molecule has 3 nitrogen and oxygen atoms in total. The number of halogens is 2. The van der Waals surface area contributed by atoms with Crippen molar-refractivity contribution in [2.45, 2.75) is 0 Å². The zero-order valence-corrected chi connectivity index (χ0v) is 9.97. The Bertz CT molecular complexity index is 414. The number of hydrogen-bond donors (Lipinski definition) is 0. The fourth-order valence-electron chi connectivity index (χ4n) is 0.817. The predicted octanol–water partition coefficient (Wildman–Crippen LogP) is 2.86. The minimum atomic E-state index is 0.619. The van der Waals surface area contributed by atoms with Gasteiger partial charge in [-0.25, -0.2) is 4.98 Å². The van der Waals surface area contributed by atoms with Gasteiger partial charge in [0.1, 0.15) is 5.69 Å². The van der Waals surface area contributed by atoms with Gasteiger partial charge in [0.2, 0.25) is 0 Å². The number of aromatic nitrogens is 3. The van der Waals surface area contributed by atoms with Gasteiger partial charge in [-0.1, -0.05) is 11.6 Å². The lowest BCUT2D eigenvalue weighted by Gasteiger charge is -1.92. The van der Waals surface area contributed by atoms with Crippen molar-refractivity contribution in [2.24, 2.45) is 0 Å². The third kappa shape index (κ3) is 2.15. The van der Waals surface area contributed by atoms with Gasteiger partial charge in [0.25, 0.3) is 0 Å². The summed E-state index contributed by atoms with van der Waals surface area (Å²) in [7, 11) is 0. The van der Waals surface area contributed by atoms with E-state index in [9.17, 15) is 0 Å². The lowest BCUT2D eigenvalue weighted by atomic mass is 10.3. The van der Waals surface area contributed by atoms with Gasteiger partial charge in [-0.05, 0) is 46.3 Å². The van der Waals surface area contributed by atoms with Crippen LogP contribution in [0.2, 0.25) is 5.02 Å². The van der Waals surface area contributed by atoms with E-state index in [1.165, 1.54) is 11.5 Å². The van der Waals surface area contributed by atoms with Crippen LogP contribution in [0.15, 0.2) is 18.3 Å². The number of rotatable bonds is 1. The van der Waals surface area contributed by atoms with Gasteiger partial charge >= 0.3 is 0 Å². The molecule has 0 atom stereocenters. The van der Waals surface area contributed by atoms with E-state index in [-0.39, 0.29) is 0 Å². The first-order chi connectivity index (χ1) is 6.25. The van der Waals surface area contributed by atoms with E-state index in [0.717, 1.165) is 8.71 Å². The first-order valence-corrected chi connectivity index (χ1v) is 5.60. The summed E-state index contributed by atoms with van der Waals surface area (Å²) in [4.78, 5) is 8.31. The zero-order chi connectivity index (χ0) is 9.26. The Kier molecular flexibility index (Phi) is 2.75. The van der Waals surface area contributed by atoms with Crippen LogP contribution in [-0.4, -0.2) is 14.3 Å². The third-order valence-corrected chi connectivity index (χ3v) is 2.92. The highest BCUT2D eigenvalue weighted by Gasteiger charge is 2.04. The lowest BCUT2D eigenvalue weighted by Crippen LogP contribution is -1.84. The molecule has 0 aromatic carbocycles. The number of nitrogens with zero attached hydrogens (tertiary/aromatic N) is 3. The summed E-state index contributed by atoms with van der Waals surface area (Å²) in [6, 6.07) is 3.58. The van der Waals surface area contributed by atoms with Crippen LogP contribution in [0.5, 0.6) is 0 Å². The molecule has 0 spiro atoms. The fraction of sp³-hybridized carbons (Fsp3) is 0. The molecule has 13 heavy (non-hydrogen) atoms. The van der Waals surface area contributed by atoms with Gasteiger partial charge in [0.15, 0.2) is 8.84 Å². The molecule has 0 amide bonds. The van der Waals surface area contributed by atoms with Gasteiger partial charge in [0, 0.05) is 6.20 Å². The summed E-state index contributed by atoms with van der Waals surface area (Å²) >= 11 is 9.18. The molecule has 6 heteroatoms. The number of hydrogen-bond acceptors (Lipinski definition) is 4. The van der Waals surface area contributed by atoms with Gasteiger partial charge in [-0.3, -0.25) is 4.98 Å². The normalized spacial score (nSPS) is 10.3. The van der Waals surface area contributed by atoms with Gasteiger partial charge in [-0.2, -0.15) is 4.37 Å². The summed E-state index contributed by atoms with van der Waals surface area (Å²) in [5, 5.41) is 0.619. The molecule has 2 aromatic heterocycles. The van der Waals surface area contributed by atoms with Crippen LogP contribution in [0.3, 0.4) is 0 Å². The Morgan fingerprint density at radius 3 is 2.77 bits per heavy atom. The summed E-state index contributed by atoms with van der Waals surface area (Å²) in [5.74, 6) is 0.658. The van der Waals surface area contributed by atoms with Crippen molar-refractivity contribution < 1.29 is 0 Å². The topological polar surface area (TPSA) is 38.7 Å². The van der Waals surface area contributed by atoms with Crippen LogP contribution in [-0.2, 0) is 0 Å². The summed E-state index contributed by atoms with van der Waals surface area (Å²) in [5.41, 5.74) is 0.753. The van der Waals surface area contributed by atoms with Gasteiger partial charge in [0.05, 0.1) is 5.02 Å². The quantitative estimate of drug-likeness (QED) is 0.758. The Morgan fingerprint density at radius 1 is 1.38 bits per heavy atom. The second-order valence-corrected chi connectivity index (χ2v) is 5.17. The Morgan fingerprint density at radius 2 is 2.23 bits per heavy atom. The molecule has 2 aromatic rings. The second kappa shape index (κ2) is 3.85. The van der Waals surface area contributed by atoms with E-state index in [0.29, 0.717) is 10.8 Å². The predicted molar refractivity (Wildman–Crippen MR) is 60.9 cm³/mol. The van der Waals surface area contributed by atoms with Crippen LogP contribution in [0.1, 0.15) is 0 Å². The van der Waals surface area contributed by atoms with Crippen molar-refractivity contribution in [3.8, 4) is 11.5 Å². The van der Waals surface area contributed by atoms with Crippen molar-refractivity contribution in [3.05, 3.63) is 26.4 Å². The van der Waals surface area contributed by atoms with E-state index >= 15 is 0 Å². The molecule has 0 aliphatic carbocycles. The Hall–Kier alpha value is -0.270. The summed E-state index contributed by atoms with van der Waals surface area (Å²) in [6.45, 7) is 0. The average molecular weight is 324 g/mol. The largest absolute Gasteiger partial charge is 0.251 e. The molecular weight excluding hydrogens is 321 g/mol. The van der Waals surface area contributed by atoms with E-state index in [1.54, 1.807) is 18.3 Å². The van der Waals surface area contributed by atoms with Gasteiger partial charge in [-0.15, -0.1) is 0 Å². The Labute approximate surface area is 97.5 Å². The molecule has 0 radical (unpaired) electrons. The highest BCUT2D eigenvalue weighted by atomic mass is 127. The molecule has 0 fully saturated rings. The van der Waals surface area contributed by atoms with E-state index < -0.39 is 0 Å². The molecule has 0 N–H and O–H groups in total. The molecule has 0 unspecified atom stereocenters. The first-order valence-electron chi connectivity index (χ1n) is 3.37. The van der Waals surface area contributed by atoms with Crippen molar-refractivity contribution in [1.29, 1.82) is 0 Å². The van der Waals surface area contributed by atoms with E-state index in [1.807, 2.05) is 0 Å². The molecule has 2 heterocycles. The van der Waals surface area contributed by atoms with Gasteiger partial charge < -0.3 is 0 Å². The molecule has 66 valence electrons. The van der Waals surface area contributed by atoms with Crippen molar-refractivity contribution in [2.75, 3.05) is 0 Å². The second-order valence-electron chi connectivity index (χ2n) is 2.23. The van der Waals surface area contributed by atoms with Crippen LogP contribution >= 0.6 is 45.7 Å². The highest BCUT2D eigenvalue weighted by Crippen LogP contribution is 2.18. The minimum absolute atomic E-state index is 0.619. The van der Waals surface area contributed by atoms with Crippen LogP contribution in [0.4, 0.5) is 0 Å². The van der Waals surface area contributed by atoms with Crippen molar-refractivity contribution in [1.82, 2.24) is 14.3 Å². The first kappa shape index (κ1) is 9.29. The lowest BCUT2D eigenvalue weighted by molar-refractivity contribution is 1.22. The maximum atomic E-state index is 5.70. The monoisotopic (exact) mass is 323 g/mol. The van der Waals surface area contributed by atoms with E-state index in [2.05, 4.69) is 36.9 Å². The number of pyridine rings is 1. The van der Waals surface area contributed by atoms with Crippen LogP contribution in [0, 0.1) is 3.01 Å². The standard InChI is InChI=1S/C7H3ClIN3S/c8-4-1-2-5(10-3-4)6-11-7(9)13-12-6/h1-3H. The van der Waals surface area contributed by atoms with Crippen molar-refractivity contribution >= 4 is 45.7 Å². The SMILES string of the molecule is Clc1ccc(-c2nsc(I)n2)nc1. The Balaban J connectivity index is 2.41. The third-order valence-electron chi connectivity index (χ3n) is 1.36. The molecule has 2 rings (SSSR count). The highest BCUT2D eigenvalue weighted by molar-refractivity contribution is 14.1. The molecule has 0 aliphatic heterocycles. The maximum absolute atomic E-state index is 5.70. The van der Waals surface area contributed by atoms with Crippen molar-refractivity contribution in [3.63, 3.8) is 0 Å². The smallest absolute Gasteiger partial charge is 0.192 e.